The Hall–Kier alpha value is -3.86. The van der Waals surface area contributed by atoms with Crippen molar-refractivity contribution >= 4 is 23.5 Å². The molecule has 186 valence electrons. The van der Waals surface area contributed by atoms with E-state index in [2.05, 4.69) is 39.5 Å². The molecule has 0 aromatic heterocycles. The third-order valence-corrected chi connectivity index (χ3v) is 6.46. The van der Waals surface area contributed by atoms with E-state index in [0.717, 1.165) is 29.9 Å². The lowest BCUT2D eigenvalue weighted by molar-refractivity contribution is 0.0734. The van der Waals surface area contributed by atoms with Crippen molar-refractivity contribution in [2.24, 2.45) is 0 Å². The smallest absolute Gasteiger partial charge is 0.343 e. The van der Waals surface area contributed by atoms with Gasteiger partial charge in [-0.05, 0) is 79.3 Å². The molecule has 0 unspecified atom stereocenters. The molecule has 5 nitrogen and oxygen atoms in total. The number of allylic oxidation sites excluding steroid dienone is 1. The molecule has 1 aliphatic heterocycles. The molecule has 0 bridgehead atoms. The molecule has 0 atom stereocenters. The summed E-state index contributed by atoms with van der Waals surface area (Å²) in [6.45, 7) is 14.3. The van der Waals surface area contributed by atoms with Crippen molar-refractivity contribution in [3.05, 3.63) is 94.2 Å². The minimum Gasteiger partial charge on any atom is -0.452 e. The molecule has 3 aromatic carbocycles. The number of carbonyl (C=O) groups excluding carboxylic acids is 2. The van der Waals surface area contributed by atoms with Gasteiger partial charge in [-0.1, -0.05) is 45.0 Å². The van der Waals surface area contributed by atoms with Crippen molar-refractivity contribution in [3.63, 3.8) is 0 Å². The Balaban J connectivity index is 1.52. The van der Waals surface area contributed by atoms with Crippen LogP contribution in [-0.4, -0.2) is 24.8 Å². The molecular weight excluding hydrogens is 450 g/mol. The van der Waals surface area contributed by atoms with Crippen LogP contribution < -0.4 is 14.4 Å². The van der Waals surface area contributed by atoms with Gasteiger partial charge in [-0.2, -0.15) is 0 Å². The lowest BCUT2D eigenvalue weighted by Gasteiger charge is -2.20. The number of benzene rings is 3. The van der Waals surface area contributed by atoms with Gasteiger partial charge in [0.2, 0.25) is 5.78 Å². The summed E-state index contributed by atoms with van der Waals surface area (Å²) in [7, 11) is 0. The number of hydrogen-bond acceptors (Lipinski definition) is 5. The summed E-state index contributed by atoms with van der Waals surface area (Å²) in [6.07, 6.45) is 1.75. The van der Waals surface area contributed by atoms with E-state index in [0.29, 0.717) is 28.2 Å². The molecule has 5 heteroatoms. The molecule has 0 fully saturated rings. The number of hydrogen-bond donors (Lipinski definition) is 0. The minimum absolute atomic E-state index is 0.00202. The van der Waals surface area contributed by atoms with Crippen LogP contribution in [-0.2, 0) is 5.41 Å². The molecule has 0 N–H and O–H groups in total. The van der Waals surface area contributed by atoms with Gasteiger partial charge in [0.1, 0.15) is 11.5 Å². The van der Waals surface area contributed by atoms with Crippen molar-refractivity contribution < 1.29 is 19.1 Å². The largest absolute Gasteiger partial charge is 0.452 e. The van der Waals surface area contributed by atoms with E-state index in [-0.39, 0.29) is 17.0 Å². The van der Waals surface area contributed by atoms with Crippen molar-refractivity contribution in [1.82, 2.24) is 0 Å². The van der Waals surface area contributed by atoms with E-state index in [1.807, 2.05) is 43.3 Å². The Morgan fingerprint density at radius 2 is 1.61 bits per heavy atom. The number of rotatable bonds is 6. The first-order chi connectivity index (χ1) is 17.1. The van der Waals surface area contributed by atoms with E-state index in [9.17, 15) is 9.59 Å². The average Bonchev–Trinajstić information content (AvgIpc) is 3.15. The molecule has 0 saturated carbocycles. The maximum absolute atomic E-state index is 13.0. The topological polar surface area (TPSA) is 55.8 Å². The van der Waals surface area contributed by atoms with Gasteiger partial charge in [0.15, 0.2) is 5.76 Å². The minimum atomic E-state index is -0.455. The molecule has 0 spiro atoms. The highest BCUT2D eigenvalue weighted by Crippen LogP contribution is 2.38. The second-order valence-electron chi connectivity index (χ2n) is 10.0. The molecule has 4 rings (SSSR count). The second-order valence-corrected chi connectivity index (χ2v) is 10.0. The fourth-order valence-corrected chi connectivity index (χ4v) is 4.33. The van der Waals surface area contributed by atoms with Gasteiger partial charge in [-0.3, -0.25) is 4.79 Å². The van der Waals surface area contributed by atoms with E-state index >= 15 is 0 Å². The fraction of sp³-hybridized carbons (Fsp3) is 0.290. The Morgan fingerprint density at radius 3 is 2.19 bits per heavy atom. The summed E-state index contributed by atoms with van der Waals surface area (Å²) in [5, 5.41) is 0. The van der Waals surface area contributed by atoms with Gasteiger partial charge in [0.05, 0.1) is 11.1 Å². The van der Waals surface area contributed by atoms with Crippen molar-refractivity contribution in [3.8, 4) is 11.5 Å². The van der Waals surface area contributed by atoms with Gasteiger partial charge in [0, 0.05) is 24.8 Å². The number of Topliss-reactive ketones (excluding diaryl/α,β-unsaturated/α-hetero) is 1. The van der Waals surface area contributed by atoms with Crippen molar-refractivity contribution in [1.29, 1.82) is 0 Å². The summed E-state index contributed by atoms with van der Waals surface area (Å²) in [5.74, 6) is 0.366. The maximum Gasteiger partial charge on any atom is 0.343 e. The molecule has 3 aromatic rings. The zero-order chi connectivity index (χ0) is 26.0. The summed E-state index contributed by atoms with van der Waals surface area (Å²) in [5.41, 5.74) is 4.82. The molecule has 0 amide bonds. The number of fused-ring (bicyclic) bond motifs is 1. The normalized spacial score (nSPS) is 13.9. The van der Waals surface area contributed by atoms with E-state index in [1.54, 1.807) is 30.3 Å². The zero-order valence-corrected chi connectivity index (χ0v) is 21.8. The number of nitrogens with zero attached hydrogens (tertiary/aromatic N) is 1. The van der Waals surface area contributed by atoms with E-state index < -0.39 is 5.97 Å². The summed E-state index contributed by atoms with van der Waals surface area (Å²) >= 11 is 0. The summed E-state index contributed by atoms with van der Waals surface area (Å²) in [6, 6.07) is 18.8. The first-order valence-electron chi connectivity index (χ1n) is 12.4. The Labute approximate surface area is 213 Å². The van der Waals surface area contributed by atoms with Crippen molar-refractivity contribution in [2.75, 3.05) is 18.0 Å². The molecular formula is C31H33NO4. The van der Waals surface area contributed by atoms with Crippen LogP contribution in [0, 0.1) is 6.92 Å². The first-order valence-corrected chi connectivity index (χ1v) is 12.4. The molecule has 1 aliphatic rings. The average molecular weight is 484 g/mol. The quantitative estimate of drug-likeness (QED) is 0.215. The zero-order valence-electron chi connectivity index (χ0n) is 21.8. The highest BCUT2D eigenvalue weighted by atomic mass is 16.5. The van der Waals surface area contributed by atoms with E-state index in [1.165, 1.54) is 0 Å². The highest BCUT2D eigenvalue weighted by Gasteiger charge is 2.30. The van der Waals surface area contributed by atoms with Crippen LogP contribution in [0.25, 0.3) is 6.08 Å². The van der Waals surface area contributed by atoms with Crippen LogP contribution in [0.1, 0.15) is 72.0 Å². The molecule has 0 radical (unpaired) electrons. The predicted octanol–water partition coefficient (Wildman–Crippen LogP) is 6.97. The highest BCUT2D eigenvalue weighted by molar-refractivity contribution is 6.15. The van der Waals surface area contributed by atoms with Gasteiger partial charge in [-0.25, -0.2) is 4.79 Å². The maximum atomic E-state index is 13.0. The number of esters is 1. The predicted molar refractivity (Wildman–Crippen MR) is 144 cm³/mol. The van der Waals surface area contributed by atoms with Gasteiger partial charge in [-0.15, -0.1) is 0 Å². The van der Waals surface area contributed by atoms with Crippen LogP contribution in [0.15, 0.2) is 66.4 Å². The number of anilines is 1. The SMILES string of the molecule is CCN(CC)c1ccc(/C=C2\Oc3cc(OC(=O)c4ccc(C(C)(C)C)cc4)cc(C)c3C2=O)cc1. The van der Waals surface area contributed by atoms with Gasteiger partial charge >= 0.3 is 5.97 Å². The third kappa shape index (κ3) is 5.20. The number of ether oxygens (including phenoxy) is 2. The fourth-order valence-electron chi connectivity index (χ4n) is 4.33. The summed E-state index contributed by atoms with van der Waals surface area (Å²) in [4.78, 5) is 28.0. The van der Waals surface area contributed by atoms with Crippen LogP contribution >= 0.6 is 0 Å². The van der Waals surface area contributed by atoms with Gasteiger partial charge in [0.25, 0.3) is 0 Å². The lowest BCUT2D eigenvalue weighted by Crippen LogP contribution is -2.21. The van der Waals surface area contributed by atoms with Crippen LogP contribution in [0.2, 0.25) is 0 Å². The van der Waals surface area contributed by atoms with E-state index in [4.69, 9.17) is 9.47 Å². The third-order valence-electron chi connectivity index (χ3n) is 6.46. The number of aryl methyl sites for hydroxylation is 1. The Kier molecular flexibility index (Phi) is 7.02. The van der Waals surface area contributed by atoms with Crippen molar-refractivity contribution in [2.45, 2.75) is 47.0 Å². The molecule has 0 aliphatic carbocycles. The molecule has 1 heterocycles. The molecule has 36 heavy (non-hydrogen) atoms. The van der Waals surface area contributed by atoms with Gasteiger partial charge < -0.3 is 14.4 Å². The molecule has 0 saturated heterocycles. The standard InChI is InChI=1S/C31H33NO4/c1-7-32(8-2)24-15-9-21(10-16-24)18-27-29(33)28-20(3)17-25(19-26(28)36-27)35-30(34)22-11-13-23(14-12-22)31(4,5)6/h9-19H,7-8H2,1-6H3/b27-18-. The first kappa shape index (κ1) is 25.2. The Morgan fingerprint density at radius 1 is 0.972 bits per heavy atom. The lowest BCUT2D eigenvalue weighted by atomic mass is 9.87. The monoisotopic (exact) mass is 483 g/mol. The van der Waals surface area contributed by atoms with Crippen LogP contribution in [0.3, 0.4) is 0 Å². The second kappa shape index (κ2) is 10.0. The Bertz CT molecular complexity index is 1310. The van der Waals surface area contributed by atoms with Crippen LogP contribution in [0.4, 0.5) is 5.69 Å². The summed E-state index contributed by atoms with van der Waals surface area (Å²) < 4.78 is 11.5. The number of ketones is 1. The number of carbonyl (C=O) groups is 2. The van der Waals surface area contributed by atoms with Crippen LogP contribution in [0.5, 0.6) is 11.5 Å².